The number of urea groups is 1. The average molecular weight is 349 g/mol. The Labute approximate surface area is 150 Å². The number of likely N-dealkylation sites (tertiary alicyclic amines) is 2. The number of hydrogen-bond acceptors (Lipinski definition) is 3. The first-order valence-corrected chi connectivity index (χ1v) is 9.87. The van der Waals surface area contributed by atoms with Crippen molar-refractivity contribution in [1.29, 1.82) is 0 Å². The summed E-state index contributed by atoms with van der Waals surface area (Å²) in [4.78, 5) is 28.6. The number of nitrogens with zero attached hydrogens (tertiary/aromatic N) is 2. The first-order valence-electron chi connectivity index (χ1n) is 9.87. The van der Waals surface area contributed by atoms with Crippen LogP contribution in [0.4, 0.5) is 9.59 Å². The molecule has 2 bridgehead atoms. The van der Waals surface area contributed by atoms with Gasteiger partial charge in [0.15, 0.2) is 0 Å². The highest BCUT2D eigenvalue weighted by Crippen LogP contribution is 2.55. The lowest BCUT2D eigenvalue weighted by Gasteiger charge is -2.50. The maximum atomic E-state index is 12.6. The second kappa shape index (κ2) is 6.06. The molecule has 0 spiro atoms. The van der Waals surface area contributed by atoms with Crippen LogP contribution in [0, 0.1) is 17.8 Å². The molecule has 6 heteroatoms. The van der Waals surface area contributed by atoms with Crippen molar-refractivity contribution in [2.45, 2.75) is 70.6 Å². The lowest BCUT2D eigenvalue weighted by molar-refractivity contribution is 0.00862. The van der Waals surface area contributed by atoms with Crippen molar-refractivity contribution in [1.82, 2.24) is 15.1 Å². The monoisotopic (exact) mass is 349 g/mol. The van der Waals surface area contributed by atoms with E-state index in [0.717, 1.165) is 37.1 Å². The minimum atomic E-state index is -0.461. The molecular weight excluding hydrogens is 318 g/mol. The molecule has 2 aliphatic heterocycles. The largest absolute Gasteiger partial charge is 0.444 e. The number of amides is 3. The SMILES string of the molecule is CC(C)(C)OC(=O)N1CCC(NC(=O)N2C[C@@H]3[C@H]4CC[C@@H](C4)[C@@H]32)CC1. The Balaban J connectivity index is 1.23. The van der Waals surface area contributed by atoms with E-state index in [2.05, 4.69) is 10.2 Å². The fourth-order valence-corrected chi connectivity index (χ4v) is 5.34. The van der Waals surface area contributed by atoms with Gasteiger partial charge in [0.1, 0.15) is 5.60 Å². The molecule has 0 aromatic rings. The van der Waals surface area contributed by atoms with Crippen molar-refractivity contribution in [3.8, 4) is 0 Å². The number of piperidine rings is 1. The van der Waals surface area contributed by atoms with E-state index in [4.69, 9.17) is 4.74 Å². The predicted molar refractivity (Wildman–Crippen MR) is 94.2 cm³/mol. The normalized spacial score (nSPS) is 34.5. The Morgan fingerprint density at radius 2 is 1.72 bits per heavy atom. The first-order chi connectivity index (χ1) is 11.8. The van der Waals surface area contributed by atoms with Crippen LogP contribution >= 0.6 is 0 Å². The molecule has 3 amide bonds. The van der Waals surface area contributed by atoms with E-state index in [1.807, 2.05) is 20.8 Å². The topological polar surface area (TPSA) is 61.9 Å². The predicted octanol–water partition coefficient (Wildman–Crippen LogP) is 2.83. The molecule has 0 aromatic carbocycles. The van der Waals surface area contributed by atoms with Gasteiger partial charge in [0, 0.05) is 37.6 Å². The van der Waals surface area contributed by atoms with Crippen LogP contribution in [0.3, 0.4) is 0 Å². The van der Waals surface area contributed by atoms with Crippen LogP contribution in [-0.2, 0) is 4.74 Å². The van der Waals surface area contributed by atoms with E-state index in [-0.39, 0.29) is 18.2 Å². The Kier molecular flexibility index (Phi) is 4.12. The number of carbonyl (C=O) groups is 2. The van der Waals surface area contributed by atoms with Crippen LogP contribution in [-0.4, -0.2) is 59.2 Å². The fraction of sp³-hybridized carbons (Fsp3) is 0.895. The number of rotatable bonds is 1. The Morgan fingerprint density at radius 3 is 2.36 bits per heavy atom. The average Bonchev–Trinajstić information content (AvgIpc) is 3.02. The highest BCUT2D eigenvalue weighted by Gasteiger charge is 2.57. The van der Waals surface area contributed by atoms with Gasteiger partial charge in [-0.05, 0) is 64.7 Å². The quantitative estimate of drug-likeness (QED) is 0.792. The highest BCUT2D eigenvalue weighted by atomic mass is 16.6. The summed E-state index contributed by atoms with van der Waals surface area (Å²) in [5, 5.41) is 3.21. The fourth-order valence-electron chi connectivity index (χ4n) is 5.34. The zero-order chi connectivity index (χ0) is 17.8. The summed E-state index contributed by atoms with van der Waals surface area (Å²) >= 11 is 0. The molecule has 1 N–H and O–H groups in total. The van der Waals surface area contributed by atoms with E-state index in [9.17, 15) is 9.59 Å². The van der Waals surface area contributed by atoms with Gasteiger partial charge in [-0.3, -0.25) is 0 Å². The van der Waals surface area contributed by atoms with Crippen LogP contribution in [0.1, 0.15) is 52.9 Å². The molecule has 0 unspecified atom stereocenters. The molecule has 4 atom stereocenters. The third-order valence-electron chi connectivity index (χ3n) is 6.54. The van der Waals surface area contributed by atoms with Gasteiger partial charge in [-0.2, -0.15) is 0 Å². The lowest BCUT2D eigenvalue weighted by atomic mass is 9.77. The summed E-state index contributed by atoms with van der Waals surface area (Å²) < 4.78 is 5.43. The van der Waals surface area contributed by atoms with Gasteiger partial charge < -0.3 is 19.9 Å². The number of fused-ring (bicyclic) bond motifs is 5. The third-order valence-corrected chi connectivity index (χ3v) is 6.54. The van der Waals surface area contributed by atoms with Crippen molar-refractivity contribution in [2.75, 3.05) is 19.6 Å². The molecule has 4 aliphatic rings. The van der Waals surface area contributed by atoms with Crippen LogP contribution in [0.15, 0.2) is 0 Å². The van der Waals surface area contributed by atoms with E-state index in [0.29, 0.717) is 19.1 Å². The Morgan fingerprint density at radius 1 is 1.04 bits per heavy atom. The van der Waals surface area contributed by atoms with Gasteiger partial charge >= 0.3 is 12.1 Å². The maximum absolute atomic E-state index is 12.6. The third kappa shape index (κ3) is 3.20. The number of hydrogen-bond donors (Lipinski definition) is 1. The molecule has 0 radical (unpaired) electrons. The molecule has 4 fully saturated rings. The lowest BCUT2D eigenvalue weighted by Crippen LogP contribution is -2.64. The zero-order valence-corrected chi connectivity index (χ0v) is 15.7. The molecule has 140 valence electrons. The Bertz CT molecular complexity index is 549. The minimum Gasteiger partial charge on any atom is -0.444 e. The zero-order valence-electron chi connectivity index (χ0n) is 15.7. The van der Waals surface area contributed by atoms with E-state index in [1.165, 1.54) is 19.3 Å². The van der Waals surface area contributed by atoms with Crippen LogP contribution < -0.4 is 5.32 Å². The van der Waals surface area contributed by atoms with Crippen molar-refractivity contribution >= 4 is 12.1 Å². The summed E-state index contributed by atoms with van der Waals surface area (Å²) in [7, 11) is 0. The number of nitrogens with one attached hydrogen (secondary N) is 1. The molecule has 25 heavy (non-hydrogen) atoms. The maximum Gasteiger partial charge on any atom is 0.410 e. The number of carbonyl (C=O) groups excluding carboxylic acids is 2. The smallest absolute Gasteiger partial charge is 0.410 e. The van der Waals surface area contributed by atoms with Gasteiger partial charge in [0.05, 0.1) is 0 Å². The van der Waals surface area contributed by atoms with Gasteiger partial charge in [0.25, 0.3) is 0 Å². The van der Waals surface area contributed by atoms with Crippen molar-refractivity contribution in [2.24, 2.45) is 17.8 Å². The van der Waals surface area contributed by atoms with E-state index >= 15 is 0 Å². The summed E-state index contributed by atoms with van der Waals surface area (Å²) in [6.45, 7) is 7.90. The number of ether oxygens (including phenoxy) is 1. The summed E-state index contributed by atoms with van der Waals surface area (Å²) in [6, 6.07) is 0.800. The molecule has 2 heterocycles. The standard InChI is InChI=1S/C19H31N3O3/c1-19(2,3)25-18(24)21-8-6-14(7-9-21)20-17(23)22-11-15-12-4-5-13(10-12)16(15)22/h12-16H,4-11H2,1-3H3,(H,20,23)/t12-,13-,15+,16-/m0/s1. The highest BCUT2D eigenvalue weighted by molar-refractivity contribution is 5.76. The van der Waals surface area contributed by atoms with E-state index in [1.54, 1.807) is 4.90 Å². The van der Waals surface area contributed by atoms with E-state index < -0.39 is 5.60 Å². The van der Waals surface area contributed by atoms with Gasteiger partial charge in [-0.15, -0.1) is 0 Å². The van der Waals surface area contributed by atoms with Gasteiger partial charge in [-0.25, -0.2) is 9.59 Å². The first kappa shape index (κ1) is 17.0. The molecule has 2 saturated heterocycles. The molecular formula is C19H31N3O3. The van der Waals surface area contributed by atoms with Crippen LogP contribution in [0.5, 0.6) is 0 Å². The van der Waals surface area contributed by atoms with Crippen LogP contribution in [0.2, 0.25) is 0 Å². The van der Waals surface area contributed by atoms with Gasteiger partial charge in [-0.1, -0.05) is 0 Å². The second-order valence-electron chi connectivity index (χ2n) is 9.33. The van der Waals surface area contributed by atoms with Crippen molar-refractivity contribution < 1.29 is 14.3 Å². The summed E-state index contributed by atoms with van der Waals surface area (Å²) in [5.41, 5.74) is -0.461. The molecule has 2 aliphatic carbocycles. The summed E-state index contributed by atoms with van der Waals surface area (Å²) in [6.07, 6.45) is 5.39. The van der Waals surface area contributed by atoms with Crippen LogP contribution in [0.25, 0.3) is 0 Å². The summed E-state index contributed by atoms with van der Waals surface area (Å²) in [5.74, 6) is 2.41. The molecule has 6 nitrogen and oxygen atoms in total. The molecule has 2 saturated carbocycles. The minimum absolute atomic E-state index is 0.115. The Hall–Kier alpha value is -1.46. The molecule has 4 rings (SSSR count). The van der Waals surface area contributed by atoms with Crippen molar-refractivity contribution in [3.63, 3.8) is 0 Å². The molecule has 0 aromatic heterocycles. The van der Waals surface area contributed by atoms with Gasteiger partial charge in [0.2, 0.25) is 0 Å². The second-order valence-corrected chi connectivity index (χ2v) is 9.33. The van der Waals surface area contributed by atoms with Crippen molar-refractivity contribution in [3.05, 3.63) is 0 Å².